The Kier molecular flexibility index (Phi) is 6.64. The predicted molar refractivity (Wildman–Crippen MR) is 99.5 cm³/mol. The number of benzene rings is 1. The maximum atomic E-state index is 12.0. The molecule has 1 amide bonds. The molecule has 0 saturated carbocycles. The number of carbonyl (C=O) groups excluding carboxylic acids is 1. The molecule has 5 heteroatoms. The lowest BCUT2D eigenvalue weighted by molar-refractivity contribution is 0.0827. The lowest BCUT2D eigenvalue weighted by atomic mass is 10.0. The van der Waals surface area contributed by atoms with Gasteiger partial charge < -0.3 is 15.1 Å². The van der Waals surface area contributed by atoms with E-state index in [1.165, 1.54) is 12.8 Å². The summed E-state index contributed by atoms with van der Waals surface area (Å²) in [6.45, 7) is 5.27. The number of aliphatic imine (C=N–C) groups is 1. The molecule has 2 rings (SSSR count). The number of carbonyl (C=O) groups is 1. The van der Waals surface area contributed by atoms with Gasteiger partial charge in [0.15, 0.2) is 5.96 Å². The molecular weight excluding hydrogens is 300 g/mol. The third-order valence-corrected chi connectivity index (χ3v) is 4.45. The van der Waals surface area contributed by atoms with E-state index in [1.807, 2.05) is 25.2 Å². The average Bonchev–Trinajstić information content (AvgIpc) is 2.58. The van der Waals surface area contributed by atoms with Crippen molar-refractivity contribution in [1.82, 2.24) is 15.1 Å². The number of hydrogen-bond acceptors (Lipinski definition) is 2. The van der Waals surface area contributed by atoms with Crippen molar-refractivity contribution >= 4 is 11.9 Å². The number of guanidine groups is 1. The highest BCUT2D eigenvalue weighted by molar-refractivity contribution is 5.94. The maximum Gasteiger partial charge on any atom is 0.253 e. The monoisotopic (exact) mass is 330 g/mol. The van der Waals surface area contributed by atoms with Crippen molar-refractivity contribution in [1.29, 1.82) is 0 Å². The van der Waals surface area contributed by atoms with Crippen molar-refractivity contribution in [3.05, 3.63) is 35.4 Å². The maximum absolute atomic E-state index is 12.0. The second-order valence-electron chi connectivity index (χ2n) is 6.82. The topological polar surface area (TPSA) is 47.9 Å². The number of nitrogens with one attached hydrogen (secondary N) is 1. The van der Waals surface area contributed by atoms with Crippen molar-refractivity contribution in [3.63, 3.8) is 0 Å². The van der Waals surface area contributed by atoms with Crippen molar-refractivity contribution in [2.24, 2.45) is 10.9 Å². The van der Waals surface area contributed by atoms with Crippen LogP contribution in [0.5, 0.6) is 0 Å². The first-order valence-electron chi connectivity index (χ1n) is 8.77. The Morgan fingerprint density at radius 3 is 2.88 bits per heavy atom. The summed E-state index contributed by atoms with van der Waals surface area (Å²) in [5.41, 5.74) is 1.91. The van der Waals surface area contributed by atoms with Crippen LogP contribution in [0.2, 0.25) is 0 Å². The van der Waals surface area contributed by atoms with Crippen molar-refractivity contribution in [2.75, 3.05) is 40.8 Å². The summed E-state index contributed by atoms with van der Waals surface area (Å²) in [7, 11) is 5.40. The summed E-state index contributed by atoms with van der Waals surface area (Å²) in [5, 5.41) is 3.46. The number of likely N-dealkylation sites (tertiary alicyclic amines) is 1. The highest BCUT2D eigenvalue weighted by atomic mass is 16.2. The van der Waals surface area contributed by atoms with Crippen LogP contribution in [0.3, 0.4) is 0 Å². The fraction of sp³-hybridized carbons (Fsp3) is 0.579. The molecule has 1 fully saturated rings. The van der Waals surface area contributed by atoms with Crippen molar-refractivity contribution < 1.29 is 4.79 Å². The molecule has 132 valence electrons. The quantitative estimate of drug-likeness (QED) is 0.680. The zero-order valence-corrected chi connectivity index (χ0v) is 15.4. The molecule has 1 unspecified atom stereocenters. The van der Waals surface area contributed by atoms with E-state index < -0.39 is 0 Å². The van der Waals surface area contributed by atoms with Crippen LogP contribution in [-0.2, 0) is 6.42 Å². The average molecular weight is 330 g/mol. The highest BCUT2D eigenvalue weighted by Crippen LogP contribution is 2.15. The van der Waals surface area contributed by atoms with Gasteiger partial charge in [0.2, 0.25) is 0 Å². The van der Waals surface area contributed by atoms with E-state index in [1.54, 1.807) is 19.0 Å². The normalized spacial score (nSPS) is 18.4. The van der Waals surface area contributed by atoms with E-state index in [-0.39, 0.29) is 5.91 Å². The first-order chi connectivity index (χ1) is 11.5. The second kappa shape index (κ2) is 8.71. The Balaban J connectivity index is 1.89. The van der Waals surface area contributed by atoms with Gasteiger partial charge in [-0.25, -0.2) is 0 Å². The molecule has 0 spiro atoms. The number of amides is 1. The minimum atomic E-state index is 0.0444. The van der Waals surface area contributed by atoms with E-state index in [4.69, 9.17) is 0 Å². The predicted octanol–water partition coefficient (Wildman–Crippen LogP) is 2.24. The molecule has 1 saturated heterocycles. The van der Waals surface area contributed by atoms with E-state index in [0.717, 1.165) is 49.1 Å². The number of hydrogen-bond donors (Lipinski definition) is 1. The Morgan fingerprint density at radius 2 is 2.21 bits per heavy atom. The Labute approximate surface area is 145 Å². The van der Waals surface area contributed by atoms with E-state index in [0.29, 0.717) is 0 Å². The zero-order chi connectivity index (χ0) is 17.5. The molecule has 1 atom stereocenters. The van der Waals surface area contributed by atoms with Gasteiger partial charge in [0, 0.05) is 46.3 Å². The zero-order valence-electron chi connectivity index (χ0n) is 15.4. The third kappa shape index (κ3) is 4.98. The standard InChI is InChI=1S/C19H30N4O/c1-15-7-6-12-23(14-15)19(20-2)21-11-10-16-8-5-9-17(13-16)18(24)22(3)4/h5,8-9,13,15H,6-7,10-12,14H2,1-4H3,(H,20,21). The van der Waals surface area contributed by atoms with Crippen LogP contribution in [0.1, 0.15) is 35.7 Å². The molecule has 5 nitrogen and oxygen atoms in total. The third-order valence-electron chi connectivity index (χ3n) is 4.45. The minimum Gasteiger partial charge on any atom is -0.356 e. The van der Waals surface area contributed by atoms with Gasteiger partial charge in [-0.2, -0.15) is 0 Å². The van der Waals surface area contributed by atoms with E-state index in [9.17, 15) is 4.79 Å². The van der Waals surface area contributed by atoms with Crippen LogP contribution >= 0.6 is 0 Å². The summed E-state index contributed by atoms with van der Waals surface area (Å²) in [4.78, 5) is 20.4. The van der Waals surface area contributed by atoms with Gasteiger partial charge in [-0.1, -0.05) is 19.1 Å². The van der Waals surface area contributed by atoms with Crippen molar-refractivity contribution in [2.45, 2.75) is 26.2 Å². The summed E-state index contributed by atoms with van der Waals surface area (Å²) in [5.74, 6) is 1.76. The van der Waals surface area contributed by atoms with Gasteiger partial charge in [-0.05, 0) is 42.9 Å². The van der Waals surface area contributed by atoms with Gasteiger partial charge in [0.05, 0.1) is 0 Å². The first-order valence-corrected chi connectivity index (χ1v) is 8.77. The molecule has 0 bridgehead atoms. The molecule has 1 aromatic carbocycles. The summed E-state index contributed by atoms with van der Waals surface area (Å²) < 4.78 is 0. The minimum absolute atomic E-state index is 0.0444. The Hall–Kier alpha value is -2.04. The summed E-state index contributed by atoms with van der Waals surface area (Å²) >= 11 is 0. The second-order valence-corrected chi connectivity index (χ2v) is 6.82. The van der Waals surface area contributed by atoms with Crippen molar-refractivity contribution in [3.8, 4) is 0 Å². The lowest BCUT2D eigenvalue weighted by Gasteiger charge is -2.33. The van der Waals surface area contributed by atoms with E-state index in [2.05, 4.69) is 28.2 Å². The van der Waals surface area contributed by atoms with Gasteiger partial charge in [-0.3, -0.25) is 9.79 Å². The van der Waals surface area contributed by atoms with E-state index >= 15 is 0 Å². The molecule has 0 aliphatic carbocycles. The fourth-order valence-electron chi connectivity index (χ4n) is 3.15. The molecule has 1 N–H and O–H groups in total. The SMILES string of the molecule is CN=C(NCCc1cccc(C(=O)N(C)C)c1)N1CCCC(C)C1. The van der Waals surface area contributed by atoms with Crippen LogP contribution in [0.15, 0.2) is 29.3 Å². The summed E-state index contributed by atoms with van der Waals surface area (Å²) in [6, 6.07) is 7.87. The number of piperidine rings is 1. The molecule has 1 heterocycles. The molecular formula is C19H30N4O. The Bertz CT molecular complexity index is 582. The van der Waals surface area contributed by atoms with Crippen LogP contribution in [0.4, 0.5) is 0 Å². The fourth-order valence-corrected chi connectivity index (χ4v) is 3.15. The van der Waals surface area contributed by atoms with Gasteiger partial charge in [0.1, 0.15) is 0 Å². The van der Waals surface area contributed by atoms with Gasteiger partial charge in [-0.15, -0.1) is 0 Å². The molecule has 0 aromatic heterocycles. The molecule has 1 aliphatic rings. The molecule has 1 aliphatic heterocycles. The highest BCUT2D eigenvalue weighted by Gasteiger charge is 2.18. The van der Waals surface area contributed by atoms with Gasteiger partial charge >= 0.3 is 0 Å². The van der Waals surface area contributed by atoms with Crippen LogP contribution < -0.4 is 5.32 Å². The lowest BCUT2D eigenvalue weighted by Crippen LogP contribution is -2.46. The largest absolute Gasteiger partial charge is 0.356 e. The summed E-state index contributed by atoms with van der Waals surface area (Å²) in [6.07, 6.45) is 3.41. The molecule has 0 radical (unpaired) electrons. The molecule has 24 heavy (non-hydrogen) atoms. The first kappa shape index (κ1) is 18.3. The van der Waals surface area contributed by atoms with Crippen LogP contribution in [0, 0.1) is 5.92 Å². The van der Waals surface area contributed by atoms with Crippen LogP contribution in [-0.4, -0.2) is 62.4 Å². The Morgan fingerprint density at radius 1 is 1.42 bits per heavy atom. The molecule has 1 aromatic rings. The van der Waals surface area contributed by atoms with Crippen LogP contribution in [0.25, 0.3) is 0 Å². The smallest absolute Gasteiger partial charge is 0.253 e. The number of rotatable bonds is 4. The van der Waals surface area contributed by atoms with Gasteiger partial charge in [0.25, 0.3) is 5.91 Å². The number of nitrogens with zero attached hydrogens (tertiary/aromatic N) is 3.